The Kier molecular flexibility index (Phi) is 4.74. The maximum atomic E-state index is 11.8. The molecule has 0 bridgehead atoms. The fourth-order valence-electron chi connectivity index (χ4n) is 2.28. The third-order valence-corrected chi connectivity index (χ3v) is 5.76. The van der Waals surface area contributed by atoms with Gasteiger partial charge in [-0.3, -0.25) is 0 Å². The van der Waals surface area contributed by atoms with E-state index in [1.165, 1.54) is 0 Å². The summed E-state index contributed by atoms with van der Waals surface area (Å²) in [6.45, 7) is 3.42. The summed E-state index contributed by atoms with van der Waals surface area (Å²) in [5, 5.41) is 20.8. The van der Waals surface area contributed by atoms with Crippen LogP contribution >= 0.6 is 31.9 Å². The Hall–Kier alpha value is -1.32. The van der Waals surface area contributed by atoms with Crippen molar-refractivity contribution in [2.45, 2.75) is 25.1 Å². The summed E-state index contributed by atoms with van der Waals surface area (Å²) in [4.78, 5) is 11.9. The molecule has 1 atom stereocenters. The average Bonchev–Trinajstić information content (AvgIpc) is 2.46. The topological polar surface area (TPSA) is 74.2 Å². The van der Waals surface area contributed by atoms with Crippen LogP contribution in [0.3, 0.4) is 0 Å². The van der Waals surface area contributed by atoms with Crippen LogP contribution in [0.15, 0.2) is 15.3 Å². The highest BCUT2D eigenvalue weighted by Gasteiger charge is 2.18. The maximum Gasteiger partial charge on any atom is 0.354 e. The normalized spacial score (nSPS) is 12.3. The van der Waals surface area contributed by atoms with E-state index < -0.39 is 5.63 Å². The summed E-state index contributed by atoms with van der Waals surface area (Å²) in [6.07, 6.45) is 0.619. The standard InChI is InChI=1S/C15H13Br2NO3/c1-7-11-4-9(3-10(17)5-16)13(19)8(2)14(11)21-15(20)12(7)6-18/h4,10,19H,3,5H2,1-2H3. The van der Waals surface area contributed by atoms with Crippen LogP contribution in [0.5, 0.6) is 5.75 Å². The predicted molar refractivity (Wildman–Crippen MR) is 88.6 cm³/mol. The minimum absolute atomic E-state index is 0.00873. The minimum atomic E-state index is -0.670. The number of rotatable bonds is 3. The molecule has 0 fully saturated rings. The van der Waals surface area contributed by atoms with Gasteiger partial charge in [0.05, 0.1) is 0 Å². The Balaban J connectivity index is 2.80. The van der Waals surface area contributed by atoms with Gasteiger partial charge in [0.25, 0.3) is 0 Å². The van der Waals surface area contributed by atoms with Gasteiger partial charge in [0, 0.05) is 21.1 Å². The molecule has 6 heteroatoms. The van der Waals surface area contributed by atoms with Gasteiger partial charge in [-0.1, -0.05) is 31.9 Å². The van der Waals surface area contributed by atoms with Crippen LogP contribution in [0.1, 0.15) is 22.3 Å². The highest BCUT2D eigenvalue weighted by molar-refractivity contribution is 9.12. The number of hydrogen-bond donors (Lipinski definition) is 1. The van der Waals surface area contributed by atoms with E-state index >= 15 is 0 Å². The molecule has 0 amide bonds. The Morgan fingerprint density at radius 1 is 1.43 bits per heavy atom. The molecule has 4 nitrogen and oxygen atoms in total. The monoisotopic (exact) mass is 413 g/mol. The SMILES string of the molecule is Cc1c(C#N)c(=O)oc2c(C)c(O)c(CC(Br)CBr)cc12. The molecule has 2 rings (SSSR count). The number of hydrogen-bond acceptors (Lipinski definition) is 4. The summed E-state index contributed by atoms with van der Waals surface area (Å²) in [5.41, 5.74) is 1.52. The molecular weight excluding hydrogens is 402 g/mol. The number of fused-ring (bicyclic) bond motifs is 1. The minimum Gasteiger partial charge on any atom is -0.507 e. The van der Waals surface area contributed by atoms with E-state index in [9.17, 15) is 9.90 Å². The van der Waals surface area contributed by atoms with E-state index in [4.69, 9.17) is 9.68 Å². The predicted octanol–water partition coefficient (Wildman–Crippen LogP) is 3.69. The molecule has 1 heterocycles. The van der Waals surface area contributed by atoms with Gasteiger partial charge in [0.15, 0.2) is 0 Å². The zero-order valence-electron chi connectivity index (χ0n) is 11.5. The molecule has 1 N–H and O–H groups in total. The molecule has 0 aliphatic heterocycles. The zero-order valence-corrected chi connectivity index (χ0v) is 14.7. The van der Waals surface area contributed by atoms with Crippen LogP contribution in [0.25, 0.3) is 11.0 Å². The van der Waals surface area contributed by atoms with Crippen molar-refractivity contribution in [3.8, 4) is 11.8 Å². The van der Waals surface area contributed by atoms with Crippen LogP contribution in [-0.2, 0) is 6.42 Å². The van der Waals surface area contributed by atoms with Gasteiger partial charge >= 0.3 is 5.63 Å². The summed E-state index contributed by atoms with van der Waals surface area (Å²) in [5.74, 6) is 0.125. The Morgan fingerprint density at radius 3 is 2.67 bits per heavy atom. The van der Waals surface area contributed by atoms with Gasteiger partial charge in [0.2, 0.25) is 0 Å². The number of nitriles is 1. The average molecular weight is 415 g/mol. The number of benzene rings is 1. The van der Waals surface area contributed by atoms with E-state index in [2.05, 4.69) is 31.9 Å². The van der Waals surface area contributed by atoms with Crippen molar-refractivity contribution in [1.29, 1.82) is 5.26 Å². The number of aromatic hydroxyl groups is 1. The highest BCUT2D eigenvalue weighted by Crippen LogP contribution is 2.33. The zero-order chi connectivity index (χ0) is 15.7. The van der Waals surface area contributed by atoms with Crippen LogP contribution in [0.2, 0.25) is 0 Å². The Morgan fingerprint density at radius 2 is 2.10 bits per heavy atom. The summed E-state index contributed by atoms with van der Waals surface area (Å²) >= 11 is 6.89. The quantitative estimate of drug-likeness (QED) is 0.613. The molecule has 0 aliphatic rings. The largest absolute Gasteiger partial charge is 0.507 e. The van der Waals surface area contributed by atoms with Crippen molar-refractivity contribution in [2.75, 3.05) is 5.33 Å². The molecule has 0 saturated heterocycles. The van der Waals surface area contributed by atoms with Gasteiger partial charge in [-0.15, -0.1) is 0 Å². The first kappa shape index (κ1) is 16.1. The second kappa shape index (κ2) is 6.20. The van der Waals surface area contributed by atoms with E-state index in [-0.39, 0.29) is 16.1 Å². The van der Waals surface area contributed by atoms with Crippen molar-refractivity contribution >= 4 is 42.8 Å². The first-order valence-corrected chi connectivity index (χ1v) is 8.33. The van der Waals surface area contributed by atoms with Gasteiger partial charge in [-0.2, -0.15) is 5.26 Å². The van der Waals surface area contributed by atoms with Crippen molar-refractivity contribution in [1.82, 2.24) is 0 Å². The van der Waals surface area contributed by atoms with Crippen LogP contribution < -0.4 is 5.63 Å². The summed E-state index contributed by atoms with van der Waals surface area (Å²) in [6, 6.07) is 3.66. The fourth-order valence-corrected chi connectivity index (χ4v) is 2.86. The lowest BCUT2D eigenvalue weighted by Gasteiger charge is -2.13. The van der Waals surface area contributed by atoms with Crippen LogP contribution in [0, 0.1) is 25.2 Å². The lowest BCUT2D eigenvalue weighted by molar-refractivity contribution is 0.461. The second-order valence-corrected chi connectivity index (χ2v) is 6.79. The molecule has 0 saturated carbocycles. The van der Waals surface area contributed by atoms with Gasteiger partial charge < -0.3 is 9.52 Å². The third-order valence-electron chi connectivity index (χ3n) is 3.46. The highest BCUT2D eigenvalue weighted by atomic mass is 79.9. The number of nitrogens with zero attached hydrogens (tertiary/aromatic N) is 1. The lowest BCUT2D eigenvalue weighted by atomic mass is 9.98. The van der Waals surface area contributed by atoms with Gasteiger partial charge in [-0.25, -0.2) is 4.79 Å². The van der Waals surface area contributed by atoms with E-state index in [1.807, 2.05) is 6.07 Å². The lowest BCUT2D eigenvalue weighted by Crippen LogP contribution is -2.09. The van der Waals surface area contributed by atoms with Gasteiger partial charge in [-0.05, 0) is 37.5 Å². The van der Waals surface area contributed by atoms with Crippen molar-refractivity contribution in [3.05, 3.63) is 38.7 Å². The first-order chi connectivity index (χ1) is 9.90. The van der Waals surface area contributed by atoms with Crippen LogP contribution in [0.4, 0.5) is 0 Å². The van der Waals surface area contributed by atoms with Gasteiger partial charge in [0.1, 0.15) is 23.0 Å². The molecule has 0 radical (unpaired) electrons. The number of phenolic OH excluding ortho intramolecular Hbond substituents is 1. The third kappa shape index (κ3) is 2.85. The molecule has 110 valence electrons. The number of halogens is 2. The molecule has 1 aromatic carbocycles. The molecule has 1 unspecified atom stereocenters. The molecule has 21 heavy (non-hydrogen) atoms. The summed E-state index contributed by atoms with van der Waals surface area (Å²) < 4.78 is 5.20. The van der Waals surface area contributed by atoms with Crippen molar-refractivity contribution in [2.24, 2.45) is 0 Å². The fraction of sp³-hybridized carbons (Fsp3) is 0.333. The summed E-state index contributed by atoms with van der Waals surface area (Å²) in [7, 11) is 0. The van der Waals surface area contributed by atoms with Crippen molar-refractivity contribution < 1.29 is 9.52 Å². The van der Waals surface area contributed by atoms with E-state index in [0.29, 0.717) is 28.5 Å². The molecular formula is C15H13Br2NO3. The smallest absolute Gasteiger partial charge is 0.354 e. The number of aryl methyl sites for hydroxylation is 2. The molecule has 2 aromatic rings. The number of alkyl halides is 2. The van der Waals surface area contributed by atoms with Crippen LogP contribution in [-0.4, -0.2) is 15.3 Å². The molecule has 0 aliphatic carbocycles. The van der Waals surface area contributed by atoms with E-state index in [0.717, 1.165) is 10.9 Å². The maximum absolute atomic E-state index is 11.8. The van der Waals surface area contributed by atoms with Crippen molar-refractivity contribution in [3.63, 3.8) is 0 Å². The Labute approximate surface area is 138 Å². The number of phenols is 1. The molecule has 0 spiro atoms. The Bertz CT molecular complexity index is 805. The van der Waals surface area contributed by atoms with E-state index in [1.54, 1.807) is 19.9 Å². The second-order valence-electron chi connectivity index (χ2n) is 4.84. The molecule has 1 aromatic heterocycles. The first-order valence-electron chi connectivity index (χ1n) is 6.29.